The van der Waals surface area contributed by atoms with Gasteiger partial charge in [-0.1, -0.05) is 0 Å². The molecule has 0 saturated heterocycles. The van der Waals surface area contributed by atoms with Gasteiger partial charge in [-0.15, -0.1) is 0 Å². The molecule has 5 nitrogen and oxygen atoms in total. The summed E-state index contributed by atoms with van der Waals surface area (Å²) in [5.41, 5.74) is 1.30. The highest BCUT2D eigenvalue weighted by Crippen LogP contribution is 2.12. The van der Waals surface area contributed by atoms with Crippen LogP contribution >= 0.6 is 0 Å². The van der Waals surface area contributed by atoms with Gasteiger partial charge in [0.15, 0.2) is 5.78 Å². The maximum absolute atomic E-state index is 12.3. The highest BCUT2D eigenvalue weighted by Gasteiger charge is 2.19. The molecule has 0 radical (unpaired) electrons. The topological polar surface area (TPSA) is 62.6 Å². The molecule has 1 N–H and O–H groups in total. The van der Waals surface area contributed by atoms with Crippen molar-refractivity contribution in [3.05, 3.63) is 54.0 Å². The highest BCUT2D eigenvalue weighted by molar-refractivity contribution is 5.96. The Morgan fingerprint density at radius 2 is 1.91 bits per heavy atom. The molecule has 116 valence electrons. The number of hydrogen-bond donors (Lipinski definition) is 1. The van der Waals surface area contributed by atoms with Crippen molar-refractivity contribution in [1.82, 2.24) is 4.90 Å². The summed E-state index contributed by atoms with van der Waals surface area (Å²) < 4.78 is 5.28. The lowest BCUT2D eigenvalue weighted by Crippen LogP contribution is -2.39. The first-order valence-corrected chi connectivity index (χ1v) is 7.12. The zero-order valence-corrected chi connectivity index (χ0v) is 13.0. The summed E-state index contributed by atoms with van der Waals surface area (Å²) in [7, 11) is 1.87. The molecule has 1 amide bonds. The average molecular weight is 300 g/mol. The van der Waals surface area contributed by atoms with Crippen LogP contribution in [0.2, 0.25) is 0 Å². The number of hydrogen-bond acceptors (Lipinski definition) is 4. The largest absolute Gasteiger partial charge is 0.468 e. The number of Topliss-reactive ketones (excluding diaryl/α,β-unsaturated/α-hetero) is 1. The van der Waals surface area contributed by atoms with Crippen molar-refractivity contribution in [2.45, 2.75) is 26.4 Å². The van der Waals surface area contributed by atoms with Crippen molar-refractivity contribution in [2.75, 3.05) is 12.4 Å². The number of benzene rings is 1. The fourth-order valence-corrected chi connectivity index (χ4v) is 2.02. The molecule has 22 heavy (non-hydrogen) atoms. The molecule has 0 fully saturated rings. The molecule has 1 atom stereocenters. The SMILES string of the molecule is CC(=O)c1ccc(NC(=O)C(C)N(C)Cc2ccco2)cc1. The van der Waals surface area contributed by atoms with Crippen LogP contribution in [0.3, 0.4) is 0 Å². The van der Waals surface area contributed by atoms with Gasteiger partial charge in [0.25, 0.3) is 0 Å². The fraction of sp³-hybridized carbons (Fsp3) is 0.294. The van der Waals surface area contributed by atoms with Crippen molar-refractivity contribution in [3.63, 3.8) is 0 Å². The molecule has 1 heterocycles. The monoisotopic (exact) mass is 300 g/mol. The van der Waals surface area contributed by atoms with E-state index in [1.165, 1.54) is 6.92 Å². The van der Waals surface area contributed by atoms with E-state index in [4.69, 9.17) is 4.42 Å². The summed E-state index contributed by atoms with van der Waals surface area (Å²) in [4.78, 5) is 25.4. The number of likely N-dealkylation sites (N-methyl/N-ethyl adjacent to an activating group) is 1. The lowest BCUT2D eigenvalue weighted by atomic mass is 10.1. The quantitative estimate of drug-likeness (QED) is 0.833. The van der Waals surface area contributed by atoms with Crippen molar-refractivity contribution in [2.24, 2.45) is 0 Å². The Labute approximate surface area is 129 Å². The standard InChI is InChI=1S/C17H20N2O3/c1-12(19(3)11-16-5-4-10-22-16)17(21)18-15-8-6-14(7-9-15)13(2)20/h4-10,12H,11H2,1-3H3,(H,18,21). The van der Waals surface area contributed by atoms with E-state index in [2.05, 4.69) is 5.32 Å². The third kappa shape index (κ3) is 4.05. The molecular formula is C17H20N2O3. The molecule has 1 unspecified atom stereocenters. The van der Waals surface area contributed by atoms with Crippen LogP contribution in [0.5, 0.6) is 0 Å². The van der Waals surface area contributed by atoms with Crippen LogP contribution in [-0.4, -0.2) is 29.7 Å². The van der Waals surface area contributed by atoms with Crippen LogP contribution in [0.15, 0.2) is 47.1 Å². The number of ketones is 1. The van der Waals surface area contributed by atoms with Gasteiger partial charge in [0.05, 0.1) is 18.8 Å². The van der Waals surface area contributed by atoms with E-state index in [-0.39, 0.29) is 17.7 Å². The van der Waals surface area contributed by atoms with E-state index < -0.39 is 0 Å². The van der Waals surface area contributed by atoms with Crippen LogP contribution < -0.4 is 5.32 Å². The summed E-state index contributed by atoms with van der Waals surface area (Å²) in [5, 5.41) is 2.85. The van der Waals surface area contributed by atoms with Crippen LogP contribution in [0.1, 0.15) is 30.0 Å². The molecular weight excluding hydrogens is 280 g/mol. The summed E-state index contributed by atoms with van der Waals surface area (Å²) >= 11 is 0. The van der Waals surface area contributed by atoms with Gasteiger partial charge in [0, 0.05) is 11.3 Å². The van der Waals surface area contributed by atoms with E-state index in [9.17, 15) is 9.59 Å². The van der Waals surface area contributed by atoms with Gasteiger partial charge in [-0.05, 0) is 57.3 Å². The molecule has 0 bridgehead atoms. The van der Waals surface area contributed by atoms with Gasteiger partial charge >= 0.3 is 0 Å². The fourth-order valence-electron chi connectivity index (χ4n) is 2.02. The number of furan rings is 1. The minimum absolute atomic E-state index is 0.00410. The number of nitrogens with zero attached hydrogens (tertiary/aromatic N) is 1. The van der Waals surface area contributed by atoms with Gasteiger partial charge in [-0.3, -0.25) is 14.5 Å². The van der Waals surface area contributed by atoms with Gasteiger partial charge < -0.3 is 9.73 Å². The molecule has 2 rings (SSSR count). The second-order valence-electron chi connectivity index (χ2n) is 5.29. The Morgan fingerprint density at radius 3 is 2.45 bits per heavy atom. The summed E-state index contributed by atoms with van der Waals surface area (Å²) in [6.45, 7) is 3.91. The van der Waals surface area contributed by atoms with E-state index in [1.54, 1.807) is 30.5 Å². The van der Waals surface area contributed by atoms with Gasteiger partial charge in [-0.25, -0.2) is 0 Å². The predicted octanol–water partition coefficient (Wildman–Crippen LogP) is 2.94. The first-order chi connectivity index (χ1) is 10.5. The molecule has 0 aliphatic rings. The minimum atomic E-state index is -0.308. The van der Waals surface area contributed by atoms with Crippen LogP contribution in [0.25, 0.3) is 0 Å². The number of amides is 1. The molecule has 0 aliphatic heterocycles. The van der Waals surface area contributed by atoms with Crippen LogP contribution in [0, 0.1) is 0 Å². The molecule has 0 aliphatic carbocycles. The second kappa shape index (κ2) is 7.04. The molecule has 0 spiro atoms. The maximum Gasteiger partial charge on any atom is 0.241 e. The highest BCUT2D eigenvalue weighted by atomic mass is 16.3. The van der Waals surface area contributed by atoms with Crippen LogP contribution in [-0.2, 0) is 11.3 Å². The van der Waals surface area contributed by atoms with Gasteiger partial charge in [0.1, 0.15) is 5.76 Å². The van der Waals surface area contributed by atoms with Gasteiger partial charge in [-0.2, -0.15) is 0 Å². The Morgan fingerprint density at radius 1 is 1.23 bits per heavy atom. The third-order valence-corrected chi connectivity index (χ3v) is 3.58. The van der Waals surface area contributed by atoms with Crippen LogP contribution in [0.4, 0.5) is 5.69 Å². The minimum Gasteiger partial charge on any atom is -0.468 e. The normalized spacial score (nSPS) is 12.2. The maximum atomic E-state index is 12.3. The molecule has 0 saturated carbocycles. The number of rotatable bonds is 6. The third-order valence-electron chi connectivity index (χ3n) is 3.58. The smallest absolute Gasteiger partial charge is 0.241 e. The Balaban J connectivity index is 1.94. The van der Waals surface area contributed by atoms with E-state index in [0.717, 1.165) is 5.76 Å². The lowest BCUT2D eigenvalue weighted by molar-refractivity contribution is -0.120. The lowest BCUT2D eigenvalue weighted by Gasteiger charge is -2.22. The first-order valence-electron chi connectivity index (χ1n) is 7.12. The molecule has 5 heteroatoms. The summed E-state index contributed by atoms with van der Waals surface area (Å²) in [5.74, 6) is 0.710. The first kappa shape index (κ1) is 16.0. The van der Waals surface area contributed by atoms with Crippen molar-refractivity contribution in [1.29, 1.82) is 0 Å². The Bertz CT molecular complexity index is 632. The molecule has 2 aromatic rings. The summed E-state index contributed by atoms with van der Waals surface area (Å²) in [6, 6.07) is 10.3. The number of anilines is 1. The zero-order valence-electron chi connectivity index (χ0n) is 13.0. The van der Waals surface area contributed by atoms with Crippen molar-refractivity contribution >= 4 is 17.4 Å². The molecule has 1 aromatic carbocycles. The second-order valence-corrected chi connectivity index (χ2v) is 5.29. The van der Waals surface area contributed by atoms with Gasteiger partial charge in [0.2, 0.25) is 5.91 Å². The van der Waals surface area contributed by atoms with E-state index in [1.807, 2.05) is 31.0 Å². The number of nitrogens with one attached hydrogen (secondary N) is 1. The number of carbonyl (C=O) groups excluding carboxylic acids is 2. The van der Waals surface area contributed by atoms with E-state index in [0.29, 0.717) is 17.8 Å². The zero-order chi connectivity index (χ0) is 16.1. The van der Waals surface area contributed by atoms with Crippen molar-refractivity contribution < 1.29 is 14.0 Å². The van der Waals surface area contributed by atoms with Crippen molar-refractivity contribution in [3.8, 4) is 0 Å². The average Bonchev–Trinajstić information content (AvgIpc) is 2.99. The summed E-state index contributed by atoms with van der Waals surface area (Å²) in [6.07, 6.45) is 1.62. The molecule has 1 aromatic heterocycles. The Hall–Kier alpha value is -2.40. The Kier molecular flexibility index (Phi) is 5.12. The number of carbonyl (C=O) groups is 2. The van der Waals surface area contributed by atoms with E-state index >= 15 is 0 Å². The predicted molar refractivity (Wildman–Crippen MR) is 84.7 cm³/mol.